The Morgan fingerprint density at radius 1 is 1.29 bits per heavy atom. The SMILES string of the molecule is COC(=O)C(C)(CCOc1c(C)cccc1C)NC(C)C. The summed E-state index contributed by atoms with van der Waals surface area (Å²) in [7, 11) is 1.41. The number of hydrogen-bond acceptors (Lipinski definition) is 4. The number of nitrogens with one attached hydrogen (secondary N) is 1. The molecule has 1 unspecified atom stereocenters. The molecule has 1 aromatic carbocycles. The minimum Gasteiger partial charge on any atom is -0.493 e. The summed E-state index contributed by atoms with van der Waals surface area (Å²) in [6.45, 7) is 10.4. The molecule has 0 aliphatic rings. The van der Waals surface area contributed by atoms with Crippen molar-refractivity contribution in [1.82, 2.24) is 5.32 Å². The van der Waals surface area contributed by atoms with Crippen LogP contribution in [0.4, 0.5) is 0 Å². The van der Waals surface area contributed by atoms with E-state index in [0.717, 1.165) is 16.9 Å². The standard InChI is InChI=1S/C17H27NO3/c1-12(2)18-17(5,16(19)20-6)10-11-21-15-13(3)8-7-9-14(15)4/h7-9,12,18H,10-11H2,1-6H3. The molecular weight excluding hydrogens is 266 g/mol. The monoisotopic (exact) mass is 293 g/mol. The molecule has 1 atom stereocenters. The molecule has 0 aromatic heterocycles. The van der Waals surface area contributed by atoms with Crippen LogP contribution in [-0.4, -0.2) is 31.3 Å². The highest BCUT2D eigenvalue weighted by atomic mass is 16.5. The molecule has 4 heteroatoms. The van der Waals surface area contributed by atoms with Crippen LogP contribution in [0.15, 0.2) is 18.2 Å². The van der Waals surface area contributed by atoms with Gasteiger partial charge in [-0.05, 0) is 45.7 Å². The third-order valence-electron chi connectivity index (χ3n) is 3.50. The van der Waals surface area contributed by atoms with Crippen LogP contribution in [0, 0.1) is 13.8 Å². The van der Waals surface area contributed by atoms with Crippen molar-refractivity contribution in [1.29, 1.82) is 0 Å². The van der Waals surface area contributed by atoms with Crippen LogP contribution in [0.1, 0.15) is 38.3 Å². The molecule has 118 valence electrons. The molecule has 0 amide bonds. The van der Waals surface area contributed by atoms with Gasteiger partial charge in [0.1, 0.15) is 11.3 Å². The first-order valence-electron chi connectivity index (χ1n) is 7.35. The van der Waals surface area contributed by atoms with Gasteiger partial charge in [-0.2, -0.15) is 0 Å². The Labute approximate surface area is 127 Å². The van der Waals surface area contributed by atoms with E-state index >= 15 is 0 Å². The van der Waals surface area contributed by atoms with Gasteiger partial charge in [-0.15, -0.1) is 0 Å². The van der Waals surface area contributed by atoms with E-state index in [2.05, 4.69) is 5.32 Å². The molecule has 0 bridgehead atoms. The van der Waals surface area contributed by atoms with E-state index < -0.39 is 5.54 Å². The highest BCUT2D eigenvalue weighted by Gasteiger charge is 2.34. The number of para-hydroxylation sites is 1. The van der Waals surface area contributed by atoms with Crippen molar-refractivity contribution in [3.63, 3.8) is 0 Å². The van der Waals surface area contributed by atoms with E-state index in [4.69, 9.17) is 9.47 Å². The average Bonchev–Trinajstić information content (AvgIpc) is 2.40. The lowest BCUT2D eigenvalue weighted by Gasteiger charge is -2.30. The Kier molecular flexibility index (Phi) is 6.21. The first-order valence-corrected chi connectivity index (χ1v) is 7.35. The molecule has 1 N–H and O–H groups in total. The topological polar surface area (TPSA) is 47.6 Å². The molecule has 1 aromatic rings. The zero-order valence-corrected chi connectivity index (χ0v) is 13.9. The molecule has 0 radical (unpaired) electrons. The minimum atomic E-state index is -0.737. The lowest BCUT2D eigenvalue weighted by Crippen LogP contribution is -2.53. The van der Waals surface area contributed by atoms with Crippen molar-refractivity contribution in [3.8, 4) is 5.75 Å². The number of hydrogen-bond donors (Lipinski definition) is 1. The van der Waals surface area contributed by atoms with E-state index in [9.17, 15) is 4.79 Å². The van der Waals surface area contributed by atoms with Gasteiger partial charge in [-0.1, -0.05) is 18.2 Å². The first kappa shape index (κ1) is 17.5. The summed E-state index contributed by atoms with van der Waals surface area (Å²) in [5, 5.41) is 3.27. The van der Waals surface area contributed by atoms with Gasteiger partial charge in [0.25, 0.3) is 0 Å². The zero-order chi connectivity index (χ0) is 16.0. The molecule has 0 heterocycles. The number of ether oxygens (including phenoxy) is 2. The van der Waals surface area contributed by atoms with E-state index in [0.29, 0.717) is 13.0 Å². The number of benzene rings is 1. The predicted molar refractivity (Wildman–Crippen MR) is 84.7 cm³/mol. The molecule has 0 aliphatic heterocycles. The molecule has 0 aliphatic carbocycles. The van der Waals surface area contributed by atoms with E-state index in [1.165, 1.54) is 7.11 Å². The molecule has 0 spiro atoms. The van der Waals surface area contributed by atoms with E-state index in [1.807, 2.05) is 52.8 Å². The van der Waals surface area contributed by atoms with Gasteiger partial charge in [-0.3, -0.25) is 10.1 Å². The quantitative estimate of drug-likeness (QED) is 0.785. The Balaban J connectivity index is 2.72. The third-order valence-corrected chi connectivity index (χ3v) is 3.50. The summed E-state index contributed by atoms with van der Waals surface area (Å²) < 4.78 is 10.8. The fourth-order valence-corrected chi connectivity index (χ4v) is 2.48. The van der Waals surface area contributed by atoms with Crippen molar-refractivity contribution < 1.29 is 14.3 Å². The van der Waals surface area contributed by atoms with Crippen molar-refractivity contribution in [2.24, 2.45) is 0 Å². The maximum atomic E-state index is 12.0. The number of aryl methyl sites for hydroxylation is 2. The fraction of sp³-hybridized carbons (Fsp3) is 0.588. The second-order valence-corrected chi connectivity index (χ2v) is 5.94. The highest BCUT2D eigenvalue weighted by Crippen LogP contribution is 2.23. The summed E-state index contributed by atoms with van der Waals surface area (Å²) in [4.78, 5) is 12.0. The Morgan fingerprint density at radius 2 is 1.86 bits per heavy atom. The highest BCUT2D eigenvalue weighted by molar-refractivity contribution is 5.80. The predicted octanol–water partition coefficient (Wildman–Crippen LogP) is 3.00. The second-order valence-electron chi connectivity index (χ2n) is 5.94. The molecule has 0 fully saturated rings. The maximum Gasteiger partial charge on any atom is 0.325 e. The van der Waals surface area contributed by atoms with Crippen LogP contribution >= 0.6 is 0 Å². The number of carbonyl (C=O) groups excluding carboxylic acids is 1. The van der Waals surface area contributed by atoms with Crippen LogP contribution < -0.4 is 10.1 Å². The zero-order valence-electron chi connectivity index (χ0n) is 13.9. The lowest BCUT2D eigenvalue weighted by molar-refractivity contribution is -0.148. The van der Waals surface area contributed by atoms with Gasteiger partial charge in [0.2, 0.25) is 0 Å². The molecule has 4 nitrogen and oxygen atoms in total. The third kappa shape index (κ3) is 4.74. The van der Waals surface area contributed by atoms with Crippen LogP contribution in [-0.2, 0) is 9.53 Å². The Hall–Kier alpha value is -1.55. The lowest BCUT2D eigenvalue weighted by atomic mass is 9.97. The van der Waals surface area contributed by atoms with Gasteiger partial charge < -0.3 is 9.47 Å². The number of methoxy groups -OCH3 is 1. The normalized spacial score (nSPS) is 13.9. The fourth-order valence-electron chi connectivity index (χ4n) is 2.48. The minimum absolute atomic E-state index is 0.189. The number of rotatable bonds is 7. The average molecular weight is 293 g/mol. The van der Waals surface area contributed by atoms with Crippen LogP contribution in [0.25, 0.3) is 0 Å². The van der Waals surface area contributed by atoms with Crippen LogP contribution in [0.3, 0.4) is 0 Å². The summed E-state index contributed by atoms with van der Waals surface area (Å²) in [5.41, 5.74) is 1.47. The Bertz CT molecular complexity index is 465. The van der Waals surface area contributed by atoms with Crippen molar-refractivity contribution in [2.45, 2.75) is 52.6 Å². The van der Waals surface area contributed by atoms with Gasteiger partial charge in [0.15, 0.2) is 0 Å². The van der Waals surface area contributed by atoms with Gasteiger partial charge in [0.05, 0.1) is 13.7 Å². The number of carbonyl (C=O) groups is 1. The second kappa shape index (κ2) is 7.46. The maximum absolute atomic E-state index is 12.0. The summed E-state index contributed by atoms with van der Waals surface area (Å²) in [5.74, 6) is 0.635. The van der Waals surface area contributed by atoms with Gasteiger partial charge in [-0.25, -0.2) is 0 Å². The van der Waals surface area contributed by atoms with Crippen molar-refractivity contribution >= 4 is 5.97 Å². The summed E-state index contributed by atoms with van der Waals surface area (Å²) in [6, 6.07) is 6.24. The largest absolute Gasteiger partial charge is 0.493 e. The van der Waals surface area contributed by atoms with E-state index in [-0.39, 0.29) is 12.0 Å². The molecule has 21 heavy (non-hydrogen) atoms. The molecular formula is C17H27NO3. The summed E-state index contributed by atoms with van der Waals surface area (Å²) >= 11 is 0. The molecule has 0 saturated heterocycles. The Morgan fingerprint density at radius 3 is 2.33 bits per heavy atom. The first-order chi connectivity index (χ1) is 9.80. The summed E-state index contributed by atoms with van der Waals surface area (Å²) in [6.07, 6.45) is 0.547. The van der Waals surface area contributed by atoms with Crippen molar-refractivity contribution in [2.75, 3.05) is 13.7 Å². The number of esters is 1. The van der Waals surface area contributed by atoms with Crippen LogP contribution in [0.5, 0.6) is 5.75 Å². The van der Waals surface area contributed by atoms with Crippen molar-refractivity contribution in [3.05, 3.63) is 29.3 Å². The smallest absolute Gasteiger partial charge is 0.325 e. The molecule has 1 rings (SSSR count). The van der Waals surface area contributed by atoms with E-state index in [1.54, 1.807) is 0 Å². The van der Waals surface area contributed by atoms with Crippen LogP contribution in [0.2, 0.25) is 0 Å². The van der Waals surface area contributed by atoms with Gasteiger partial charge >= 0.3 is 5.97 Å². The van der Waals surface area contributed by atoms with Gasteiger partial charge in [0, 0.05) is 12.5 Å². The molecule has 0 saturated carbocycles.